The number of primary amides is 1. The predicted octanol–water partition coefficient (Wildman–Crippen LogP) is 0.529. The molecule has 0 aliphatic heterocycles. The molecule has 5 nitrogen and oxygen atoms in total. The zero-order chi connectivity index (χ0) is 18.8. The van der Waals surface area contributed by atoms with Crippen molar-refractivity contribution in [3.8, 4) is 0 Å². The van der Waals surface area contributed by atoms with Crippen molar-refractivity contribution in [1.82, 2.24) is 5.32 Å². The van der Waals surface area contributed by atoms with Crippen LogP contribution in [0.15, 0.2) is 46.9 Å². The van der Waals surface area contributed by atoms with Crippen LogP contribution in [0.25, 0.3) is 11.0 Å². The number of aryl methyl sites for hydroxylation is 1. The van der Waals surface area contributed by atoms with Gasteiger partial charge in [-0.1, -0.05) is 18.2 Å². The standard InChI is InChI=1S/C20H19FN2O3.CH3.Cs/c1-11(19(22)24)23-20(25)18-12(2)26-17-8-5-14(10-16(17)18)9-13-3-6-15(21)7-4-13;;/h3-8,10-11H,9H2,1-2H3,(H2,22,24)(H,23,25);1H3;/q;-1;+1. The number of hydrogen-bond acceptors (Lipinski definition) is 3. The largest absolute Gasteiger partial charge is 1.00 e. The van der Waals surface area contributed by atoms with E-state index in [0.29, 0.717) is 28.7 Å². The molecule has 0 saturated carbocycles. The normalized spacial score (nSPS) is 11.2. The second-order valence-electron chi connectivity index (χ2n) is 6.26. The van der Waals surface area contributed by atoms with E-state index < -0.39 is 17.9 Å². The first-order chi connectivity index (χ1) is 12.3. The summed E-state index contributed by atoms with van der Waals surface area (Å²) in [6.45, 7) is 3.22. The van der Waals surface area contributed by atoms with Crippen LogP contribution in [0, 0.1) is 20.2 Å². The number of rotatable bonds is 5. The molecule has 1 unspecified atom stereocenters. The summed E-state index contributed by atoms with van der Waals surface area (Å²) in [5, 5.41) is 3.24. The van der Waals surface area contributed by atoms with Crippen molar-refractivity contribution in [2.75, 3.05) is 0 Å². The molecule has 0 aliphatic rings. The van der Waals surface area contributed by atoms with E-state index in [1.54, 1.807) is 25.1 Å². The number of halogens is 1. The van der Waals surface area contributed by atoms with Crippen LogP contribution in [0.4, 0.5) is 4.39 Å². The number of nitrogens with one attached hydrogen (secondary N) is 1. The molecule has 0 saturated heterocycles. The zero-order valence-corrected chi connectivity index (χ0v) is 22.8. The average molecular weight is 502 g/mol. The van der Waals surface area contributed by atoms with Gasteiger partial charge in [0.15, 0.2) is 0 Å². The van der Waals surface area contributed by atoms with Crippen LogP contribution in [0.1, 0.15) is 34.2 Å². The average Bonchev–Trinajstić information content (AvgIpc) is 2.92. The topological polar surface area (TPSA) is 85.3 Å². The Hall–Kier alpha value is -1.10. The Balaban J connectivity index is 0.00000196. The fraction of sp³-hybridized carbons (Fsp3) is 0.190. The molecule has 7 heteroatoms. The number of fused-ring (bicyclic) bond motifs is 1. The Labute approximate surface area is 222 Å². The van der Waals surface area contributed by atoms with E-state index in [4.69, 9.17) is 10.2 Å². The third kappa shape index (κ3) is 5.71. The summed E-state index contributed by atoms with van der Waals surface area (Å²) < 4.78 is 18.7. The van der Waals surface area contributed by atoms with Crippen molar-refractivity contribution < 1.29 is 87.3 Å². The molecule has 1 atom stereocenters. The number of nitrogens with two attached hydrogens (primary N) is 1. The first-order valence-corrected chi connectivity index (χ1v) is 8.22. The van der Waals surface area contributed by atoms with Gasteiger partial charge in [-0.3, -0.25) is 9.59 Å². The molecule has 142 valence electrons. The molecular formula is C21H22CsFN2O3. The van der Waals surface area contributed by atoms with Crippen LogP contribution >= 0.6 is 0 Å². The Morgan fingerprint density at radius 2 is 1.75 bits per heavy atom. The van der Waals surface area contributed by atoms with E-state index >= 15 is 0 Å². The van der Waals surface area contributed by atoms with Crippen molar-refractivity contribution >= 4 is 22.8 Å². The van der Waals surface area contributed by atoms with Crippen LogP contribution in [0.3, 0.4) is 0 Å². The van der Waals surface area contributed by atoms with Crippen molar-refractivity contribution in [1.29, 1.82) is 0 Å². The van der Waals surface area contributed by atoms with Crippen LogP contribution in [0.5, 0.6) is 0 Å². The van der Waals surface area contributed by atoms with E-state index in [1.807, 2.05) is 12.1 Å². The third-order valence-electron chi connectivity index (χ3n) is 4.25. The van der Waals surface area contributed by atoms with Gasteiger partial charge in [0.25, 0.3) is 5.91 Å². The minimum absolute atomic E-state index is 0. The molecular weight excluding hydrogens is 480 g/mol. The quantitative estimate of drug-likeness (QED) is 0.500. The van der Waals surface area contributed by atoms with Crippen molar-refractivity contribution in [2.45, 2.75) is 26.3 Å². The second kappa shape index (κ2) is 10.6. The Kier molecular flexibility index (Phi) is 9.45. The summed E-state index contributed by atoms with van der Waals surface area (Å²) >= 11 is 0. The van der Waals surface area contributed by atoms with Gasteiger partial charge in [0.05, 0.1) is 5.56 Å². The molecule has 0 aliphatic carbocycles. The Bertz CT molecular complexity index is 983. The van der Waals surface area contributed by atoms with E-state index in [2.05, 4.69) is 5.32 Å². The summed E-state index contributed by atoms with van der Waals surface area (Å²) in [6.07, 6.45) is 0.596. The monoisotopic (exact) mass is 502 g/mol. The number of hydrogen-bond donors (Lipinski definition) is 2. The van der Waals surface area contributed by atoms with Gasteiger partial charge < -0.3 is 22.9 Å². The molecule has 2 aromatic carbocycles. The number of carbonyl (C=O) groups excluding carboxylic acids is 2. The minimum atomic E-state index is -0.783. The smallest absolute Gasteiger partial charge is 0.461 e. The maximum Gasteiger partial charge on any atom is 1.00 e. The van der Waals surface area contributed by atoms with Crippen molar-refractivity contribution in [2.24, 2.45) is 5.73 Å². The SMILES string of the molecule is Cc1oc2ccc(Cc3ccc(F)cc3)cc2c1C(=O)NC(C)C(N)=O.[CH3-].[Cs+]. The summed E-state index contributed by atoms with van der Waals surface area (Å²) in [5.74, 6) is -0.836. The van der Waals surface area contributed by atoms with Crippen LogP contribution < -0.4 is 79.9 Å². The van der Waals surface area contributed by atoms with Gasteiger partial charge in [-0.2, -0.15) is 0 Å². The molecule has 0 radical (unpaired) electrons. The molecule has 28 heavy (non-hydrogen) atoms. The number of furan rings is 1. The van der Waals surface area contributed by atoms with Gasteiger partial charge in [-0.05, 0) is 55.7 Å². The molecule has 0 bridgehead atoms. The van der Waals surface area contributed by atoms with Gasteiger partial charge in [0, 0.05) is 5.39 Å². The van der Waals surface area contributed by atoms with E-state index in [9.17, 15) is 14.0 Å². The van der Waals surface area contributed by atoms with Crippen LogP contribution in [-0.4, -0.2) is 17.9 Å². The first-order valence-electron chi connectivity index (χ1n) is 8.22. The molecule has 3 rings (SSSR count). The third-order valence-corrected chi connectivity index (χ3v) is 4.25. The second-order valence-corrected chi connectivity index (χ2v) is 6.26. The van der Waals surface area contributed by atoms with E-state index in [0.717, 1.165) is 11.1 Å². The fourth-order valence-electron chi connectivity index (χ4n) is 2.84. The fourth-order valence-corrected chi connectivity index (χ4v) is 2.84. The summed E-state index contributed by atoms with van der Waals surface area (Å²) in [6, 6.07) is 11.1. The predicted molar refractivity (Wildman–Crippen MR) is 103 cm³/mol. The summed E-state index contributed by atoms with van der Waals surface area (Å²) in [5.41, 5.74) is 8.09. The molecule has 3 N–H and O–H groups in total. The number of benzene rings is 2. The van der Waals surface area contributed by atoms with Gasteiger partial charge >= 0.3 is 68.9 Å². The van der Waals surface area contributed by atoms with Gasteiger partial charge in [-0.25, -0.2) is 4.39 Å². The van der Waals surface area contributed by atoms with Gasteiger partial charge in [0.1, 0.15) is 23.2 Å². The van der Waals surface area contributed by atoms with E-state index in [1.165, 1.54) is 19.1 Å². The molecule has 2 amide bonds. The zero-order valence-electron chi connectivity index (χ0n) is 16.5. The first kappa shape index (κ1) is 24.9. The molecule has 0 fully saturated rings. The number of amides is 2. The summed E-state index contributed by atoms with van der Waals surface area (Å²) in [4.78, 5) is 23.7. The maximum absolute atomic E-state index is 13.0. The summed E-state index contributed by atoms with van der Waals surface area (Å²) in [7, 11) is 0. The number of carbonyl (C=O) groups is 2. The Morgan fingerprint density at radius 3 is 2.36 bits per heavy atom. The van der Waals surface area contributed by atoms with Crippen molar-refractivity contribution in [3.05, 3.63) is 78.2 Å². The minimum Gasteiger partial charge on any atom is -0.461 e. The van der Waals surface area contributed by atoms with Crippen molar-refractivity contribution in [3.63, 3.8) is 0 Å². The molecule has 0 spiro atoms. The van der Waals surface area contributed by atoms with Crippen LogP contribution in [-0.2, 0) is 11.2 Å². The van der Waals surface area contributed by atoms with Crippen LogP contribution in [0.2, 0.25) is 0 Å². The van der Waals surface area contributed by atoms with E-state index in [-0.39, 0.29) is 82.1 Å². The van der Waals surface area contributed by atoms with Gasteiger partial charge in [-0.15, -0.1) is 0 Å². The van der Waals surface area contributed by atoms with Gasteiger partial charge in [0.2, 0.25) is 5.91 Å². The molecule has 1 aromatic heterocycles. The molecule has 1 heterocycles. The Morgan fingerprint density at radius 1 is 1.14 bits per heavy atom. The molecule has 3 aromatic rings. The maximum atomic E-state index is 13.0.